The average molecular weight is 437 g/mol. The van der Waals surface area contributed by atoms with Gasteiger partial charge in [0.2, 0.25) is 0 Å². The summed E-state index contributed by atoms with van der Waals surface area (Å²) < 4.78 is 0. The van der Waals surface area contributed by atoms with E-state index in [4.69, 9.17) is 0 Å². The van der Waals surface area contributed by atoms with Crippen molar-refractivity contribution >= 4 is 43.1 Å². The minimum atomic E-state index is 0.692. The second-order valence-corrected chi connectivity index (χ2v) is 10.0. The van der Waals surface area contributed by atoms with Gasteiger partial charge in [0.15, 0.2) is 0 Å². The van der Waals surface area contributed by atoms with Gasteiger partial charge in [0.25, 0.3) is 0 Å². The highest BCUT2D eigenvalue weighted by molar-refractivity contribution is 6.10. The minimum absolute atomic E-state index is 0.692. The fourth-order valence-electron chi connectivity index (χ4n) is 6.22. The van der Waals surface area contributed by atoms with E-state index in [1.54, 1.807) is 5.56 Å². The summed E-state index contributed by atoms with van der Waals surface area (Å²) in [5.41, 5.74) is 4.34. The van der Waals surface area contributed by atoms with Gasteiger partial charge in [-0.05, 0) is 115 Å². The molecule has 0 atom stereocenters. The van der Waals surface area contributed by atoms with Crippen LogP contribution in [-0.4, -0.2) is 0 Å². The Bertz CT molecular complexity index is 1680. The molecule has 1 aliphatic carbocycles. The predicted octanol–water partition coefficient (Wildman–Crippen LogP) is 10.0. The van der Waals surface area contributed by atoms with Crippen LogP contribution in [0.15, 0.2) is 103 Å². The van der Waals surface area contributed by atoms with E-state index in [0.717, 1.165) is 0 Å². The van der Waals surface area contributed by atoms with Crippen LogP contribution in [0.25, 0.3) is 54.2 Å². The van der Waals surface area contributed by atoms with Crippen molar-refractivity contribution in [2.24, 2.45) is 0 Å². The Morgan fingerprint density at radius 1 is 0.412 bits per heavy atom. The number of hydrogen-bond donors (Lipinski definition) is 0. The third-order valence-electron chi connectivity index (χ3n) is 7.95. The van der Waals surface area contributed by atoms with E-state index in [9.17, 15) is 0 Å². The van der Waals surface area contributed by atoms with Gasteiger partial charge < -0.3 is 0 Å². The van der Waals surface area contributed by atoms with Crippen molar-refractivity contribution in [1.29, 1.82) is 0 Å². The molecule has 6 aromatic rings. The standard InChI is InChI=1S/C34H28/c1-2-9-23(10-3-1)31-14-6-7-15-32(31)33-16-8-13-26-19-29-20-27-17-24-11-4-5-12-25(24)18-28(27)21-30(29)22-34(26)33/h4-8,11-23H,1-3,9-10H2. The van der Waals surface area contributed by atoms with Gasteiger partial charge in [-0.15, -0.1) is 0 Å². The van der Waals surface area contributed by atoms with Gasteiger partial charge >= 0.3 is 0 Å². The lowest BCUT2D eigenvalue weighted by atomic mass is 9.80. The van der Waals surface area contributed by atoms with E-state index >= 15 is 0 Å². The van der Waals surface area contributed by atoms with Crippen LogP contribution in [0.2, 0.25) is 0 Å². The second-order valence-electron chi connectivity index (χ2n) is 10.0. The lowest BCUT2D eigenvalue weighted by Crippen LogP contribution is -2.06. The van der Waals surface area contributed by atoms with Crippen LogP contribution in [0.4, 0.5) is 0 Å². The summed E-state index contributed by atoms with van der Waals surface area (Å²) in [4.78, 5) is 0. The monoisotopic (exact) mass is 436 g/mol. The molecule has 6 aromatic carbocycles. The summed E-state index contributed by atoms with van der Waals surface area (Å²) in [5.74, 6) is 0.692. The summed E-state index contributed by atoms with van der Waals surface area (Å²) in [5, 5.41) is 10.5. The quantitative estimate of drug-likeness (QED) is 0.237. The predicted molar refractivity (Wildman–Crippen MR) is 148 cm³/mol. The zero-order chi connectivity index (χ0) is 22.5. The van der Waals surface area contributed by atoms with Crippen LogP contribution in [0.5, 0.6) is 0 Å². The molecule has 0 radical (unpaired) electrons. The van der Waals surface area contributed by atoms with E-state index in [1.165, 1.54) is 86.3 Å². The van der Waals surface area contributed by atoms with Gasteiger partial charge in [0.1, 0.15) is 0 Å². The first kappa shape index (κ1) is 19.8. The molecule has 0 bridgehead atoms. The van der Waals surface area contributed by atoms with Gasteiger partial charge in [-0.2, -0.15) is 0 Å². The number of rotatable bonds is 2. The van der Waals surface area contributed by atoms with Gasteiger partial charge in [0.05, 0.1) is 0 Å². The molecule has 0 aliphatic heterocycles. The van der Waals surface area contributed by atoms with Crippen LogP contribution in [-0.2, 0) is 0 Å². The molecule has 0 unspecified atom stereocenters. The third-order valence-corrected chi connectivity index (χ3v) is 7.95. The first-order chi connectivity index (χ1) is 16.8. The van der Waals surface area contributed by atoms with Crippen LogP contribution < -0.4 is 0 Å². The van der Waals surface area contributed by atoms with Crippen molar-refractivity contribution in [2.45, 2.75) is 38.0 Å². The van der Waals surface area contributed by atoms with E-state index < -0.39 is 0 Å². The van der Waals surface area contributed by atoms with Gasteiger partial charge in [0, 0.05) is 0 Å². The lowest BCUT2D eigenvalue weighted by Gasteiger charge is -2.25. The first-order valence-corrected chi connectivity index (χ1v) is 12.7. The normalized spacial score (nSPS) is 14.9. The smallest absolute Gasteiger partial charge is 0.00989 e. The summed E-state index contributed by atoms with van der Waals surface area (Å²) in [6.45, 7) is 0. The molecular weight excluding hydrogens is 408 g/mol. The zero-order valence-corrected chi connectivity index (χ0v) is 19.4. The third kappa shape index (κ3) is 3.29. The Morgan fingerprint density at radius 3 is 1.68 bits per heavy atom. The van der Waals surface area contributed by atoms with E-state index in [1.807, 2.05) is 0 Å². The topological polar surface area (TPSA) is 0 Å². The maximum atomic E-state index is 2.42. The molecule has 34 heavy (non-hydrogen) atoms. The van der Waals surface area contributed by atoms with E-state index in [0.29, 0.717) is 5.92 Å². The Hall–Kier alpha value is -3.64. The van der Waals surface area contributed by atoms with Crippen LogP contribution in [0, 0.1) is 0 Å². The number of fused-ring (bicyclic) bond motifs is 4. The van der Waals surface area contributed by atoms with E-state index in [2.05, 4.69) is 103 Å². The van der Waals surface area contributed by atoms with Crippen molar-refractivity contribution in [1.82, 2.24) is 0 Å². The molecule has 1 saturated carbocycles. The van der Waals surface area contributed by atoms with Crippen molar-refractivity contribution in [3.05, 3.63) is 109 Å². The number of hydrogen-bond acceptors (Lipinski definition) is 0. The Morgan fingerprint density at radius 2 is 0.941 bits per heavy atom. The largest absolute Gasteiger partial charge is 0.0619 e. The van der Waals surface area contributed by atoms with Crippen molar-refractivity contribution in [3.8, 4) is 11.1 Å². The molecule has 0 heteroatoms. The summed E-state index contributed by atoms with van der Waals surface area (Å²) in [7, 11) is 0. The summed E-state index contributed by atoms with van der Waals surface area (Å²) >= 11 is 0. The number of benzene rings is 6. The van der Waals surface area contributed by atoms with Crippen LogP contribution in [0.3, 0.4) is 0 Å². The summed E-state index contributed by atoms with van der Waals surface area (Å²) in [6.07, 6.45) is 6.76. The van der Waals surface area contributed by atoms with Crippen molar-refractivity contribution < 1.29 is 0 Å². The molecule has 1 fully saturated rings. The molecule has 0 N–H and O–H groups in total. The van der Waals surface area contributed by atoms with Gasteiger partial charge in [-0.1, -0.05) is 86.0 Å². The fourth-order valence-corrected chi connectivity index (χ4v) is 6.22. The minimum Gasteiger partial charge on any atom is -0.0619 e. The highest BCUT2D eigenvalue weighted by atomic mass is 14.2. The van der Waals surface area contributed by atoms with E-state index in [-0.39, 0.29) is 0 Å². The SMILES string of the molecule is c1ccc(C2CCCCC2)c(-c2cccc3cc4cc5cc6ccccc6cc5cc4cc23)c1. The average Bonchev–Trinajstić information content (AvgIpc) is 2.90. The zero-order valence-electron chi connectivity index (χ0n) is 19.4. The van der Waals surface area contributed by atoms with Crippen molar-refractivity contribution in [2.75, 3.05) is 0 Å². The second kappa shape index (κ2) is 7.99. The highest BCUT2D eigenvalue weighted by Crippen LogP contribution is 2.41. The Kier molecular flexibility index (Phi) is 4.65. The molecule has 1 aliphatic rings. The molecule has 7 rings (SSSR count). The van der Waals surface area contributed by atoms with Crippen LogP contribution in [0.1, 0.15) is 43.6 Å². The molecule has 0 saturated heterocycles. The maximum absolute atomic E-state index is 2.42. The highest BCUT2D eigenvalue weighted by Gasteiger charge is 2.19. The first-order valence-electron chi connectivity index (χ1n) is 12.7. The summed E-state index contributed by atoms with van der Waals surface area (Å²) in [6, 6.07) is 38.8. The lowest BCUT2D eigenvalue weighted by molar-refractivity contribution is 0.444. The molecule has 0 amide bonds. The molecule has 164 valence electrons. The van der Waals surface area contributed by atoms with Gasteiger partial charge in [-0.25, -0.2) is 0 Å². The molecule has 0 nitrogen and oxygen atoms in total. The van der Waals surface area contributed by atoms with Gasteiger partial charge in [-0.3, -0.25) is 0 Å². The molecule has 0 aromatic heterocycles. The van der Waals surface area contributed by atoms with Crippen molar-refractivity contribution in [3.63, 3.8) is 0 Å². The molecule has 0 heterocycles. The molecule has 0 spiro atoms. The maximum Gasteiger partial charge on any atom is -0.00989 e. The Labute approximate surface area is 200 Å². The Balaban J connectivity index is 1.45. The van der Waals surface area contributed by atoms with Crippen LogP contribution >= 0.6 is 0 Å². The molecular formula is C34H28. The fraction of sp³-hybridized carbons (Fsp3) is 0.176.